The van der Waals surface area contributed by atoms with Crippen LogP contribution in [0.4, 0.5) is 4.39 Å². The molecule has 5 rings (SSSR count). The van der Waals surface area contributed by atoms with Crippen LogP contribution in [0.5, 0.6) is 0 Å². The summed E-state index contributed by atoms with van der Waals surface area (Å²) in [6.07, 6.45) is 6.33. The van der Waals surface area contributed by atoms with Gasteiger partial charge in [-0.3, -0.25) is 9.52 Å². The van der Waals surface area contributed by atoms with Crippen molar-refractivity contribution >= 4 is 17.9 Å². The molecule has 32 heavy (non-hydrogen) atoms. The molecule has 2 aliphatic carbocycles. The molecule has 3 unspecified atom stereocenters. The molecule has 1 saturated heterocycles. The third-order valence-electron chi connectivity index (χ3n) is 7.73. The van der Waals surface area contributed by atoms with Crippen molar-refractivity contribution in [3.8, 4) is 11.1 Å². The Morgan fingerprint density at radius 3 is 2.56 bits per heavy atom. The maximum Gasteiger partial charge on any atom is 0.254 e. The highest BCUT2D eigenvalue weighted by Gasteiger charge is 2.62. The van der Waals surface area contributed by atoms with Gasteiger partial charge in [0, 0.05) is 23.6 Å². The molecule has 1 aliphatic heterocycles. The summed E-state index contributed by atoms with van der Waals surface area (Å²) < 4.78 is 19.2. The zero-order chi connectivity index (χ0) is 22.5. The van der Waals surface area contributed by atoms with E-state index in [2.05, 4.69) is 4.72 Å². The molecule has 0 aromatic heterocycles. The highest BCUT2D eigenvalue weighted by molar-refractivity contribution is 7.96. The minimum atomic E-state index is -1.34. The molecule has 0 radical (unpaired) electrons. The highest BCUT2D eigenvalue weighted by Crippen LogP contribution is 2.56. The Morgan fingerprint density at radius 2 is 1.94 bits per heavy atom. The van der Waals surface area contributed by atoms with Crippen LogP contribution in [-0.2, 0) is 11.2 Å². The Balaban J connectivity index is 1.49. The number of carbonyl (C=O) groups is 1. The lowest BCUT2D eigenvalue weighted by atomic mass is 9.91. The lowest BCUT2D eigenvalue weighted by molar-refractivity contribution is -0.152. The normalized spacial score (nSPS) is 25.7. The van der Waals surface area contributed by atoms with Crippen LogP contribution in [0.3, 0.4) is 0 Å². The number of halogens is 1. The minimum Gasteiger partial charge on any atom is -0.380 e. The van der Waals surface area contributed by atoms with Crippen LogP contribution in [0.15, 0.2) is 48.5 Å². The van der Waals surface area contributed by atoms with Gasteiger partial charge in [-0.15, -0.1) is 0 Å². The fourth-order valence-electron chi connectivity index (χ4n) is 5.47. The van der Waals surface area contributed by atoms with Gasteiger partial charge >= 0.3 is 0 Å². The molecule has 3 fully saturated rings. The van der Waals surface area contributed by atoms with Gasteiger partial charge in [-0.25, -0.2) is 4.39 Å². The number of nitrogens with zero attached hydrogens (tertiary/aromatic N) is 1. The van der Waals surface area contributed by atoms with E-state index in [4.69, 9.17) is 0 Å². The van der Waals surface area contributed by atoms with Crippen molar-refractivity contribution in [3.05, 3.63) is 59.9 Å². The summed E-state index contributed by atoms with van der Waals surface area (Å²) in [6.45, 7) is 2.30. The molecule has 1 heterocycles. The van der Waals surface area contributed by atoms with Crippen LogP contribution in [0.1, 0.15) is 38.2 Å². The average molecular weight is 455 g/mol. The van der Waals surface area contributed by atoms with E-state index in [0.29, 0.717) is 24.1 Å². The topological polar surface area (TPSA) is 52.6 Å². The van der Waals surface area contributed by atoms with Crippen LogP contribution in [0.2, 0.25) is 0 Å². The molecule has 1 amide bonds. The lowest BCUT2D eigenvalue weighted by Crippen LogP contribution is -2.53. The summed E-state index contributed by atoms with van der Waals surface area (Å²) in [6, 6.07) is 15.0. The summed E-state index contributed by atoms with van der Waals surface area (Å²) in [5.41, 5.74) is 0.745. The van der Waals surface area contributed by atoms with Gasteiger partial charge in [0.15, 0.2) is 0 Å². The molecular weight excluding hydrogens is 423 g/mol. The predicted molar refractivity (Wildman–Crippen MR) is 126 cm³/mol. The summed E-state index contributed by atoms with van der Waals surface area (Å²) >= 11 is 1.56. The van der Waals surface area contributed by atoms with E-state index < -0.39 is 5.60 Å². The molecule has 0 bridgehead atoms. The SMILES string of the molecule is CSNC1C(Cc2cccc(-c3ccccc3)c2F)N(C(=O)C(C)(O)C2CC2)CC12CC2. The molecular formula is C26H31FN2O2S. The maximum atomic E-state index is 15.7. The van der Waals surface area contributed by atoms with Gasteiger partial charge in [-0.1, -0.05) is 60.5 Å². The van der Waals surface area contributed by atoms with Gasteiger partial charge in [0.1, 0.15) is 11.4 Å². The number of rotatable bonds is 7. The monoisotopic (exact) mass is 454 g/mol. The van der Waals surface area contributed by atoms with Crippen LogP contribution >= 0.6 is 11.9 Å². The molecule has 2 N–H and O–H groups in total. The lowest BCUT2D eigenvalue weighted by Gasteiger charge is -2.34. The Bertz CT molecular complexity index is 1000. The van der Waals surface area contributed by atoms with Crippen molar-refractivity contribution in [2.24, 2.45) is 11.3 Å². The van der Waals surface area contributed by atoms with Crippen molar-refractivity contribution in [3.63, 3.8) is 0 Å². The van der Waals surface area contributed by atoms with Crippen molar-refractivity contribution in [1.29, 1.82) is 0 Å². The van der Waals surface area contributed by atoms with E-state index in [9.17, 15) is 9.90 Å². The van der Waals surface area contributed by atoms with Crippen molar-refractivity contribution < 1.29 is 14.3 Å². The van der Waals surface area contributed by atoms with Crippen LogP contribution < -0.4 is 4.72 Å². The second-order valence-electron chi connectivity index (χ2n) is 9.93. The number of benzene rings is 2. The molecule has 1 spiro atoms. The predicted octanol–water partition coefficient (Wildman–Crippen LogP) is 4.42. The molecule has 2 aromatic carbocycles. The van der Waals surface area contributed by atoms with Gasteiger partial charge in [-0.2, -0.15) is 0 Å². The van der Waals surface area contributed by atoms with E-state index in [-0.39, 0.29) is 35.1 Å². The number of aliphatic hydroxyl groups is 1. The van der Waals surface area contributed by atoms with Gasteiger partial charge < -0.3 is 10.0 Å². The number of carbonyl (C=O) groups excluding carboxylic acids is 1. The average Bonchev–Trinajstić information content (AvgIpc) is 3.71. The fourth-order valence-corrected chi connectivity index (χ4v) is 6.13. The van der Waals surface area contributed by atoms with E-state index in [1.165, 1.54) is 0 Å². The minimum absolute atomic E-state index is 0.0382. The molecule has 3 atom stereocenters. The van der Waals surface area contributed by atoms with Crippen LogP contribution in [-0.4, -0.2) is 46.4 Å². The second-order valence-corrected chi connectivity index (χ2v) is 10.6. The summed E-state index contributed by atoms with van der Waals surface area (Å²) in [5.74, 6) is -0.377. The highest BCUT2D eigenvalue weighted by atomic mass is 32.2. The van der Waals surface area contributed by atoms with E-state index in [0.717, 1.165) is 31.2 Å². The Hall–Kier alpha value is -1.89. The maximum absolute atomic E-state index is 15.7. The largest absolute Gasteiger partial charge is 0.380 e. The fraction of sp³-hybridized carbons (Fsp3) is 0.500. The molecule has 170 valence electrons. The number of nitrogens with one attached hydrogen (secondary N) is 1. The number of hydrogen-bond acceptors (Lipinski definition) is 4. The summed E-state index contributed by atoms with van der Waals surface area (Å²) in [4.78, 5) is 15.4. The van der Waals surface area contributed by atoms with Crippen molar-refractivity contribution in [2.75, 3.05) is 12.8 Å². The first-order valence-electron chi connectivity index (χ1n) is 11.5. The first-order valence-corrected chi connectivity index (χ1v) is 12.7. The standard InChI is InChI=1S/C26H31FN2O2S/c1-25(31,19-11-12-19)24(30)29-16-26(13-14-26)23(28-32-2)21(29)15-18-9-6-10-20(22(18)27)17-7-4-3-5-8-17/h3-10,19,21,23,28,31H,11-16H2,1-2H3. The second kappa shape index (κ2) is 8.15. The zero-order valence-corrected chi connectivity index (χ0v) is 19.5. The van der Waals surface area contributed by atoms with Crippen LogP contribution in [0, 0.1) is 17.2 Å². The van der Waals surface area contributed by atoms with E-state index in [1.54, 1.807) is 18.9 Å². The summed E-state index contributed by atoms with van der Waals surface area (Å²) in [5, 5.41) is 11.0. The Kier molecular flexibility index (Phi) is 5.59. The Labute approximate surface area is 193 Å². The zero-order valence-electron chi connectivity index (χ0n) is 18.7. The first-order chi connectivity index (χ1) is 15.4. The third kappa shape index (κ3) is 3.76. The van der Waals surface area contributed by atoms with Gasteiger partial charge in [0.25, 0.3) is 5.91 Å². The van der Waals surface area contributed by atoms with Gasteiger partial charge in [0.2, 0.25) is 0 Å². The number of amides is 1. The Morgan fingerprint density at radius 1 is 1.22 bits per heavy atom. The van der Waals surface area contributed by atoms with Crippen LogP contribution in [0.25, 0.3) is 11.1 Å². The quantitative estimate of drug-likeness (QED) is 0.608. The van der Waals surface area contributed by atoms with E-state index in [1.807, 2.05) is 59.7 Å². The third-order valence-corrected chi connectivity index (χ3v) is 8.22. The smallest absolute Gasteiger partial charge is 0.254 e. The van der Waals surface area contributed by atoms with Crippen molar-refractivity contribution in [1.82, 2.24) is 9.62 Å². The summed E-state index contributed by atoms with van der Waals surface area (Å²) in [7, 11) is 0. The molecule has 2 aromatic rings. The van der Waals surface area contributed by atoms with Crippen molar-refractivity contribution in [2.45, 2.75) is 56.7 Å². The molecule has 3 aliphatic rings. The van der Waals surface area contributed by atoms with Gasteiger partial charge in [0.05, 0.1) is 6.04 Å². The molecule has 2 saturated carbocycles. The number of likely N-dealkylation sites (tertiary alicyclic amines) is 1. The molecule has 4 nitrogen and oxygen atoms in total. The number of hydrogen-bond donors (Lipinski definition) is 2. The first kappa shape index (κ1) is 21.9. The molecule has 6 heteroatoms. The van der Waals surface area contributed by atoms with Gasteiger partial charge in [-0.05, 0) is 62.3 Å². The van der Waals surface area contributed by atoms with E-state index >= 15 is 4.39 Å².